The molecule has 1 saturated carbocycles. The number of nitrogens with zero attached hydrogens (tertiary/aromatic N) is 3. The quantitative estimate of drug-likeness (QED) is 0.516. The molecule has 0 atom stereocenters. The molecule has 4 rings (SSSR count). The molecule has 0 bridgehead atoms. The monoisotopic (exact) mass is 443 g/mol. The molecule has 2 N–H and O–H groups in total. The predicted octanol–water partition coefficient (Wildman–Crippen LogP) is 5.64. The van der Waals surface area contributed by atoms with Gasteiger partial charge in [0.1, 0.15) is 11.6 Å². The summed E-state index contributed by atoms with van der Waals surface area (Å²) in [6.45, 7) is 0.697. The van der Waals surface area contributed by atoms with Gasteiger partial charge in [-0.25, -0.2) is 9.37 Å². The minimum absolute atomic E-state index is 0. The number of fused-ring (bicyclic) bond motifs is 1. The van der Waals surface area contributed by atoms with E-state index in [9.17, 15) is 4.39 Å². The normalized spacial score (nSPS) is 18.5. The molecular formula is C24H31ClFN5. The molecular weight excluding hydrogens is 413 g/mol. The highest BCUT2D eigenvalue weighted by molar-refractivity contribution is 6.30. The van der Waals surface area contributed by atoms with E-state index >= 15 is 0 Å². The highest BCUT2D eigenvalue weighted by Gasteiger charge is 2.22. The van der Waals surface area contributed by atoms with Crippen LogP contribution in [-0.4, -0.2) is 36.1 Å². The maximum atomic E-state index is 13.3. The number of hydrogen-bond acceptors (Lipinski definition) is 5. The molecule has 1 fully saturated rings. The molecule has 0 radical (unpaired) electrons. The summed E-state index contributed by atoms with van der Waals surface area (Å²) in [4.78, 5) is 11.5. The van der Waals surface area contributed by atoms with Crippen LogP contribution >= 0.6 is 11.6 Å². The molecule has 1 heterocycles. The first kappa shape index (κ1) is 23.2. The van der Waals surface area contributed by atoms with Gasteiger partial charge in [0.05, 0.1) is 10.5 Å². The summed E-state index contributed by atoms with van der Waals surface area (Å²) >= 11 is 5.87. The lowest BCUT2D eigenvalue weighted by molar-refractivity contribution is 0.352. The van der Waals surface area contributed by atoms with Gasteiger partial charge in [-0.3, -0.25) is 0 Å². The van der Waals surface area contributed by atoms with Crippen molar-refractivity contribution in [2.45, 2.75) is 51.7 Å². The van der Waals surface area contributed by atoms with E-state index in [0.717, 1.165) is 48.0 Å². The van der Waals surface area contributed by atoms with Gasteiger partial charge in [0.2, 0.25) is 5.95 Å². The Morgan fingerprint density at radius 3 is 2.45 bits per heavy atom. The largest absolute Gasteiger partial charge is 0.362 e. The minimum atomic E-state index is -0.375. The van der Waals surface area contributed by atoms with Crippen LogP contribution in [0, 0.1) is 5.82 Å². The van der Waals surface area contributed by atoms with Gasteiger partial charge < -0.3 is 15.5 Å². The van der Waals surface area contributed by atoms with Crippen LogP contribution < -0.4 is 15.5 Å². The van der Waals surface area contributed by atoms with Gasteiger partial charge in [-0.2, -0.15) is 4.98 Å². The number of aromatic nitrogens is 2. The van der Waals surface area contributed by atoms with E-state index < -0.39 is 0 Å². The van der Waals surface area contributed by atoms with Gasteiger partial charge in [-0.15, -0.1) is 0 Å². The number of halogens is 2. The molecule has 5 nitrogen and oxygen atoms in total. The Kier molecular flexibility index (Phi) is 7.68. The molecule has 0 aliphatic heterocycles. The van der Waals surface area contributed by atoms with Gasteiger partial charge in [0.25, 0.3) is 0 Å². The van der Waals surface area contributed by atoms with Crippen LogP contribution in [-0.2, 0) is 6.54 Å². The lowest BCUT2D eigenvalue weighted by atomic mass is 9.91. The van der Waals surface area contributed by atoms with E-state index in [-0.39, 0.29) is 18.3 Å². The summed E-state index contributed by atoms with van der Waals surface area (Å²) in [5.41, 5.74) is 1.95. The van der Waals surface area contributed by atoms with Crippen molar-refractivity contribution in [1.82, 2.24) is 15.3 Å². The van der Waals surface area contributed by atoms with Crippen molar-refractivity contribution in [2.75, 3.05) is 24.3 Å². The highest BCUT2D eigenvalue weighted by atomic mass is 35.5. The molecule has 3 aromatic rings. The Bertz CT molecular complexity index is 1020. The topological polar surface area (TPSA) is 53.1 Å². The fraction of sp³-hybridized carbons (Fsp3) is 0.417. The fourth-order valence-corrected chi connectivity index (χ4v) is 4.20. The van der Waals surface area contributed by atoms with Gasteiger partial charge >= 0.3 is 0 Å². The number of rotatable bonds is 6. The zero-order valence-corrected chi connectivity index (χ0v) is 18.1. The Morgan fingerprint density at radius 2 is 1.74 bits per heavy atom. The zero-order valence-electron chi connectivity index (χ0n) is 17.3. The van der Waals surface area contributed by atoms with Crippen molar-refractivity contribution >= 4 is 34.3 Å². The minimum Gasteiger partial charge on any atom is -0.362 e. The molecule has 0 saturated heterocycles. The van der Waals surface area contributed by atoms with E-state index in [4.69, 9.17) is 21.6 Å². The predicted molar refractivity (Wildman–Crippen MR) is 129 cm³/mol. The highest BCUT2D eigenvalue weighted by Crippen LogP contribution is 2.26. The van der Waals surface area contributed by atoms with E-state index in [2.05, 4.69) is 16.7 Å². The summed E-state index contributed by atoms with van der Waals surface area (Å²) in [5.74, 6) is 1.24. The molecule has 1 aliphatic rings. The van der Waals surface area contributed by atoms with Crippen LogP contribution in [0.3, 0.4) is 0 Å². The lowest BCUT2D eigenvalue weighted by Crippen LogP contribution is -2.37. The second-order valence-electron chi connectivity index (χ2n) is 8.10. The summed E-state index contributed by atoms with van der Waals surface area (Å²) in [6.07, 6.45) is 4.24. The Hall–Kier alpha value is -2.44. The fourth-order valence-electron chi connectivity index (χ4n) is 4.00. The second-order valence-corrected chi connectivity index (χ2v) is 8.51. The third-order valence-corrected chi connectivity index (χ3v) is 5.94. The Balaban J connectivity index is 0.00000272. The van der Waals surface area contributed by atoms with Crippen molar-refractivity contribution in [2.24, 2.45) is 0 Å². The van der Waals surface area contributed by atoms with Gasteiger partial charge in [-0.1, -0.05) is 37.2 Å². The summed E-state index contributed by atoms with van der Waals surface area (Å²) < 4.78 is 13.3. The Morgan fingerprint density at radius 1 is 1.03 bits per heavy atom. The first-order chi connectivity index (χ1) is 14.5. The third kappa shape index (κ3) is 5.63. The maximum absolute atomic E-state index is 13.3. The number of benzene rings is 2. The molecule has 7 heteroatoms. The van der Waals surface area contributed by atoms with Crippen LogP contribution in [0.2, 0.25) is 5.02 Å². The van der Waals surface area contributed by atoms with Crippen molar-refractivity contribution in [3.05, 3.63) is 58.9 Å². The summed E-state index contributed by atoms with van der Waals surface area (Å²) in [5, 5.41) is 8.34. The second kappa shape index (κ2) is 10.2. The molecule has 2 aromatic carbocycles. The average molecular weight is 444 g/mol. The average Bonchev–Trinajstić information content (AvgIpc) is 2.75. The molecule has 0 unspecified atom stereocenters. The van der Waals surface area contributed by atoms with Gasteiger partial charge in [0, 0.05) is 38.1 Å². The first-order valence-electron chi connectivity index (χ1n) is 10.4. The van der Waals surface area contributed by atoms with E-state index in [1.807, 2.05) is 37.2 Å². The smallest absolute Gasteiger partial charge is 0.225 e. The number of nitrogens with one attached hydrogen (secondary N) is 2. The van der Waals surface area contributed by atoms with Crippen LogP contribution in [0.25, 0.3) is 10.9 Å². The van der Waals surface area contributed by atoms with Crippen molar-refractivity contribution in [1.29, 1.82) is 0 Å². The van der Waals surface area contributed by atoms with E-state index in [1.54, 1.807) is 12.1 Å². The molecule has 1 aromatic heterocycles. The standard InChI is InChI=1S/C23H27ClFN5.CH4/c1-30(2)22-18-5-3-4-6-21(18)28-23(29-22)27-17-10-8-16(9-11-17)26-14-15-7-12-20(25)19(24)13-15;/h3-7,12-13,16-17,26H,8-11,14H2,1-2H3,(H,27,28,29);1H4. The molecule has 166 valence electrons. The van der Waals surface area contributed by atoms with E-state index in [1.165, 1.54) is 6.07 Å². The summed E-state index contributed by atoms with van der Waals surface area (Å²) in [7, 11) is 4.01. The molecule has 31 heavy (non-hydrogen) atoms. The van der Waals surface area contributed by atoms with E-state index in [0.29, 0.717) is 24.6 Å². The number of para-hydroxylation sites is 1. The molecule has 0 amide bonds. The van der Waals surface area contributed by atoms with Crippen LogP contribution in [0.5, 0.6) is 0 Å². The van der Waals surface area contributed by atoms with Crippen LogP contribution in [0.15, 0.2) is 42.5 Å². The number of hydrogen-bond donors (Lipinski definition) is 2. The number of anilines is 2. The molecule has 1 aliphatic carbocycles. The third-order valence-electron chi connectivity index (χ3n) is 5.65. The van der Waals surface area contributed by atoms with Gasteiger partial charge in [-0.05, 0) is 55.5 Å². The van der Waals surface area contributed by atoms with Crippen LogP contribution in [0.4, 0.5) is 16.2 Å². The molecule has 0 spiro atoms. The van der Waals surface area contributed by atoms with Crippen molar-refractivity contribution < 1.29 is 4.39 Å². The van der Waals surface area contributed by atoms with Crippen molar-refractivity contribution in [3.63, 3.8) is 0 Å². The zero-order chi connectivity index (χ0) is 21.1. The van der Waals surface area contributed by atoms with Crippen LogP contribution in [0.1, 0.15) is 38.7 Å². The maximum Gasteiger partial charge on any atom is 0.225 e. The summed E-state index contributed by atoms with van der Waals surface area (Å²) in [6, 6.07) is 13.8. The Labute approximate surface area is 189 Å². The SMILES string of the molecule is C.CN(C)c1nc(NC2CCC(NCc3ccc(F)c(Cl)c3)CC2)nc2ccccc12. The van der Waals surface area contributed by atoms with Crippen molar-refractivity contribution in [3.8, 4) is 0 Å². The first-order valence-corrected chi connectivity index (χ1v) is 10.8. The van der Waals surface area contributed by atoms with Gasteiger partial charge in [0.15, 0.2) is 0 Å². The lowest BCUT2D eigenvalue weighted by Gasteiger charge is -2.30.